The minimum atomic E-state index is -0.835. The first-order valence-electron chi connectivity index (χ1n) is 8.46. The van der Waals surface area contributed by atoms with Crippen LogP contribution in [0.15, 0.2) is 18.5 Å². The maximum atomic E-state index is 12.9. The predicted molar refractivity (Wildman–Crippen MR) is 90.4 cm³/mol. The van der Waals surface area contributed by atoms with Gasteiger partial charge in [0.2, 0.25) is 17.8 Å². The molecular weight excluding hydrogens is 306 g/mol. The predicted octanol–water partition coefficient (Wildman–Crippen LogP) is 0.820. The molecule has 1 aromatic rings. The molecule has 2 aliphatic rings. The second-order valence-electron chi connectivity index (χ2n) is 7.61. The molecular formula is C17H25N5O2. The Kier molecular flexibility index (Phi) is 4.19. The largest absolute Gasteiger partial charge is 0.351 e. The van der Waals surface area contributed by atoms with Gasteiger partial charge in [-0.3, -0.25) is 9.59 Å². The number of aromatic nitrogens is 2. The minimum Gasteiger partial charge on any atom is -0.351 e. The second kappa shape index (κ2) is 6.03. The summed E-state index contributed by atoms with van der Waals surface area (Å²) in [5, 5.41) is 2.96. The monoisotopic (exact) mass is 331 g/mol. The van der Waals surface area contributed by atoms with Gasteiger partial charge in [0.05, 0.1) is 0 Å². The molecule has 24 heavy (non-hydrogen) atoms. The average Bonchev–Trinajstić information content (AvgIpc) is 3.35. The highest BCUT2D eigenvalue weighted by Gasteiger charge is 2.58. The minimum absolute atomic E-state index is 0.0297. The molecule has 130 valence electrons. The van der Waals surface area contributed by atoms with Crippen LogP contribution in [0.3, 0.4) is 0 Å². The fourth-order valence-electron chi connectivity index (χ4n) is 2.99. The molecule has 1 aromatic heterocycles. The average molecular weight is 331 g/mol. The Hall–Kier alpha value is -2.18. The van der Waals surface area contributed by atoms with E-state index in [0.29, 0.717) is 45.0 Å². The molecule has 3 rings (SSSR count). The molecule has 1 aliphatic heterocycles. The third kappa shape index (κ3) is 3.34. The van der Waals surface area contributed by atoms with Crippen molar-refractivity contribution in [2.75, 3.05) is 31.1 Å². The van der Waals surface area contributed by atoms with Crippen molar-refractivity contribution >= 4 is 17.8 Å². The molecule has 2 amide bonds. The van der Waals surface area contributed by atoms with Gasteiger partial charge in [0, 0.05) is 44.1 Å². The standard InChI is InChI=1S/C17H25N5O2/c1-16(2,3)20-13(23)17(5-6-17)14(24)21-9-11-22(12-10-21)15-18-7-4-8-19-15/h4,7-8H,5-6,9-12H2,1-3H3,(H,20,23). The molecule has 0 aromatic carbocycles. The summed E-state index contributed by atoms with van der Waals surface area (Å²) in [6.07, 6.45) is 4.73. The van der Waals surface area contributed by atoms with Crippen molar-refractivity contribution < 1.29 is 9.59 Å². The molecule has 1 saturated heterocycles. The zero-order valence-corrected chi connectivity index (χ0v) is 14.6. The van der Waals surface area contributed by atoms with Crippen molar-refractivity contribution in [1.82, 2.24) is 20.2 Å². The molecule has 2 fully saturated rings. The maximum absolute atomic E-state index is 12.9. The number of piperazine rings is 1. The van der Waals surface area contributed by atoms with E-state index in [-0.39, 0.29) is 17.4 Å². The highest BCUT2D eigenvalue weighted by atomic mass is 16.2. The van der Waals surface area contributed by atoms with Crippen LogP contribution in [0.1, 0.15) is 33.6 Å². The van der Waals surface area contributed by atoms with Crippen LogP contribution in [0.2, 0.25) is 0 Å². The molecule has 1 aliphatic carbocycles. The van der Waals surface area contributed by atoms with E-state index in [1.165, 1.54) is 0 Å². The van der Waals surface area contributed by atoms with Crippen molar-refractivity contribution in [2.45, 2.75) is 39.2 Å². The molecule has 7 heteroatoms. The lowest BCUT2D eigenvalue weighted by molar-refractivity contribution is -0.145. The number of nitrogens with zero attached hydrogens (tertiary/aromatic N) is 4. The van der Waals surface area contributed by atoms with Crippen molar-refractivity contribution in [3.8, 4) is 0 Å². The van der Waals surface area contributed by atoms with E-state index in [9.17, 15) is 9.59 Å². The number of hydrogen-bond acceptors (Lipinski definition) is 5. The summed E-state index contributed by atoms with van der Waals surface area (Å²) in [4.78, 5) is 37.8. The lowest BCUT2D eigenvalue weighted by Gasteiger charge is -2.36. The van der Waals surface area contributed by atoms with Crippen LogP contribution in [0.25, 0.3) is 0 Å². The molecule has 0 spiro atoms. The van der Waals surface area contributed by atoms with Crippen LogP contribution in [0, 0.1) is 5.41 Å². The highest BCUT2D eigenvalue weighted by Crippen LogP contribution is 2.48. The Morgan fingerprint density at radius 2 is 1.67 bits per heavy atom. The van der Waals surface area contributed by atoms with Crippen molar-refractivity contribution in [1.29, 1.82) is 0 Å². The number of hydrogen-bond donors (Lipinski definition) is 1. The number of amides is 2. The molecule has 2 heterocycles. The van der Waals surface area contributed by atoms with Gasteiger partial charge in [-0.15, -0.1) is 0 Å². The molecule has 0 bridgehead atoms. The number of anilines is 1. The number of nitrogens with one attached hydrogen (secondary N) is 1. The van der Waals surface area contributed by atoms with Crippen LogP contribution >= 0.6 is 0 Å². The summed E-state index contributed by atoms with van der Waals surface area (Å²) < 4.78 is 0. The van der Waals surface area contributed by atoms with Crippen molar-refractivity contribution in [3.63, 3.8) is 0 Å². The summed E-state index contributed by atoms with van der Waals surface area (Å²) in [5.74, 6) is 0.530. The summed E-state index contributed by atoms with van der Waals surface area (Å²) in [5.41, 5.74) is -1.16. The van der Waals surface area contributed by atoms with E-state index in [2.05, 4.69) is 20.2 Å². The van der Waals surface area contributed by atoms with E-state index >= 15 is 0 Å². The fraction of sp³-hybridized carbons (Fsp3) is 0.647. The van der Waals surface area contributed by atoms with Crippen molar-refractivity contribution in [3.05, 3.63) is 18.5 Å². The van der Waals surface area contributed by atoms with Gasteiger partial charge in [0.1, 0.15) is 5.41 Å². The van der Waals surface area contributed by atoms with Crippen LogP contribution in [-0.4, -0.2) is 58.4 Å². The van der Waals surface area contributed by atoms with E-state index in [4.69, 9.17) is 0 Å². The first kappa shape index (κ1) is 16.7. The zero-order valence-electron chi connectivity index (χ0n) is 14.6. The number of carbonyl (C=O) groups excluding carboxylic acids is 2. The quantitative estimate of drug-likeness (QED) is 0.830. The van der Waals surface area contributed by atoms with E-state index in [1.807, 2.05) is 25.7 Å². The second-order valence-corrected chi connectivity index (χ2v) is 7.61. The van der Waals surface area contributed by atoms with Crippen LogP contribution < -0.4 is 10.2 Å². The van der Waals surface area contributed by atoms with E-state index in [1.54, 1.807) is 18.5 Å². The number of rotatable bonds is 3. The Morgan fingerprint density at radius 1 is 1.08 bits per heavy atom. The first-order chi connectivity index (χ1) is 11.3. The van der Waals surface area contributed by atoms with Crippen molar-refractivity contribution in [2.24, 2.45) is 5.41 Å². The summed E-state index contributed by atoms with van der Waals surface area (Å²) in [6.45, 7) is 8.38. The topological polar surface area (TPSA) is 78.4 Å². The lowest BCUT2D eigenvalue weighted by atomic mass is 10.0. The summed E-state index contributed by atoms with van der Waals surface area (Å²) in [7, 11) is 0. The zero-order chi connectivity index (χ0) is 17.4. The Morgan fingerprint density at radius 3 is 2.17 bits per heavy atom. The van der Waals surface area contributed by atoms with Crippen LogP contribution in [0.5, 0.6) is 0 Å². The summed E-state index contributed by atoms with van der Waals surface area (Å²) in [6, 6.07) is 1.79. The summed E-state index contributed by atoms with van der Waals surface area (Å²) >= 11 is 0. The fourth-order valence-corrected chi connectivity index (χ4v) is 2.99. The molecule has 0 radical (unpaired) electrons. The molecule has 0 unspecified atom stereocenters. The third-order valence-electron chi connectivity index (χ3n) is 4.48. The Bertz CT molecular complexity index is 614. The molecule has 7 nitrogen and oxygen atoms in total. The van der Waals surface area contributed by atoms with Gasteiger partial charge in [-0.05, 0) is 39.7 Å². The normalized spacial score (nSPS) is 19.8. The maximum Gasteiger partial charge on any atom is 0.238 e. The molecule has 1 saturated carbocycles. The Balaban J connectivity index is 1.60. The smallest absolute Gasteiger partial charge is 0.238 e. The Labute approximate surface area is 142 Å². The van der Waals surface area contributed by atoms with Crippen LogP contribution in [0.4, 0.5) is 5.95 Å². The van der Waals surface area contributed by atoms with Gasteiger partial charge >= 0.3 is 0 Å². The first-order valence-corrected chi connectivity index (χ1v) is 8.46. The highest BCUT2D eigenvalue weighted by molar-refractivity contribution is 6.08. The van der Waals surface area contributed by atoms with Gasteiger partial charge in [-0.2, -0.15) is 0 Å². The van der Waals surface area contributed by atoms with Gasteiger partial charge < -0.3 is 15.1 Å². The molecule has 1 N–H and O–H groups in total. The molecule has 0 atom stereocenters. The lowest BCUT2D eigenvalue weighted by Crippen LogP contribution is -2.55. The van der Waals surface area contributed by atoms with E-state index in [0.717, 1.165) is 0 Å². The van der Waals surface area contributed by atoms with Gasteiger partial charge in [-0.1, -0.05) is 0 Å². The third-order valence-corrected chi connectivity index (χ3v) is 4.48. The van der Waals surface area contributed by atoms with Crippen LogP contribution in [-0.2, 0) is 9.59 Å². The van der Waals surface area contributed by atoms with Gasteiger partial charge in [0.25, 0.3) is 0 Å². The van der Waals surface area contributed by atoms with Gasteiger partial charge in [0.15, 0.2) is 0 Å². The van der Waals surface area contributed by atoms with Gasteiger partial charge in [-0.25, -0.2) is 9.97 Å². The van der Waals surface area contributed by atoms with E-state index < -0.39 is 5.41 Å². The number of carbonyl (C=O) groups is 2. The SMILES string of the molecule is CC(C)(C)NC(=O)C1(C(=O)N2CCN(c3ncccn3)CC2)CC1.